The SMILES string of the molecule is OCCc1csc(CC(F)(F)F)c1. The quantitative estimate of drug-likeness (QED) is 0.812. The van der Waals surface area contributed by atoms with Gasteiger partial charge < -0.3 is 5.11 Å². The van der Waals surface area contributed by atoms with Crippen LogP contribution in [0.25, 0.3) is 0 Å². The van der Waals surface area contributed by atoms with Crippen molar-refractivity contribution in [3.05, 3.63) is 21.9 Å². The molecule has 0 atom stereocenters. The molecule has 1 heterocycles. The van der Waals surface area contributed by atoms with Gasteiger partial charge in [0.2, 0.25) is 0 Å². The van der Waals surface area contributed by atoms with E-state index in [2.05, 4.69) is 0 Å². The Kier molecular flexibility index (Phi) is 3.33. The van der Waals surface area contributed by atoms with Crippen LogP contribution in [0.15, 0.2) is 11.4 Å². The maximum atomic E-state index is 11.9. The van der Waals surface area contributed by atoms with Gasteiger partial charge in [-0.2, -0.15) is 13.2 Å². The molecule has 0 amide bonds. The van der Waals surface area contributed by atoms with Gasteiger partial charge >= 0.3 is 6.18 Å². The summed E-state index contributed by atoms with van der Waals surface area (Å²) in [4.78, 5) is 0.302. The van der Waals surface area contributed by atoms with E-state index in [4.69, 9.17) is 5.11 Å². The van der Waals surface area contributed by atoms with Gasteiger partial charge in [0.25, 0.3) is 0 Å². The summed E-state index contributed by atoms with van der Waals surface area (Å²) >= 11 is 1.09. The van der Waals surface area contributed by atoms with Crippen molar-refractivity contribution in [3.63, 3.8) is 0 Å². The molecule has 1 N–H and O–H groups in total. The van der Waals surface area contributed by atoms with Gasteiger partial charge in [0, 0.05) is 11.5 Å². The molecule has 0 saturated carbocycles. The summed E-state index contributed by atoms with van der Waals surface area (Å²) in [6.45, 7) is -0.0256. The van der Waals surface area contributed by atoms with E-state index in [1.54, 1.807) is 5.38 Å². The molecule has 0 bridgehead atoms. The fourth-order valence-electron chi connectivity index (χ4n) is 0.977. The molecule has 0 aliphatic rings. The Bertz CT molecular complexity index is 267. The predicted octanol–water partition coefficient (Wildman–Crippen LogP) is 2.39. The van der Waals surface area contributed by atoms with E-state index in [-0.39, 0.29) is 6.61 Å². The van der Waals surface area contributed by atoms with Gasteiger partial charge in [0.15, 0.2) is 0 Å². The fraction of sp³-hybridized carbons (Fsp3) is 0.500. The van der Waals surface area contributed by atoms with Crippen LogP contribution >= 0.6 is 11.3 Å². The van der Waals surface area contributed by atoms with Crippen molar-refractivity contribution in [1.29, 1.82) is 0 Å². The summed E-state index contributed by atoms with van der Waals surface area (Å²) < 4.78 is 35.7. The van der Waals surface area contributed by atoms with Crippen molar-refractivity contribution in [3.8, 4) is 0 Å². The molecule has 74 valence electrons. The summed E-state index contributed by atoms with van der Waals surface area (Å²) in [5, 5.41) is 10.2. The fourth-order valence-corrected chi connectivity index (χ4v) is 1.93. The third-order valence-corrected chi connectivity index (χ3v) is 2.47. The molecular weight excluding hydrogens is 201 g/mol. The molecule has 0 aromatic carbocycles. The highest BCUT2D eigenvalue weighted by Crippen LogP contribution is 2.25. The second-order valence-electron chi connectivity index (χ2n) is 2.69. The van der Waals surface area contributed by atoms with E-state index in [9.17, 15) is 13.2 Å². The average Bonchev–Trinajstić information content (AvgIpc) is 2.33. The molecule has 0 spiro atoms. The minimum absolute atomic E-state index is 0.0256. The standard InChI is InChI=1S/C8H9F3OS/c9-8(10,11)4-7-3-6(1-2-12)5-13-7/h3,5,12H,1-2,4H2. The number of aliphatic hydroxyl groups is 1. The van der Waals surface area contributed by atoms with E-state index >= 15 is 0 Å². The number of thiophene rings is 1. The van der Waals surface area contributed by atoms with Gasteiger partial charge in [-0.3, -0.25) is 0 Å². The van der Waals surface area contributed by atoms with Gasteiger partial charge in [-0.05, 0) is 23.4 Å². The Hall–Kier alpha value is -0.550. The van der Waals surface area contributed by atoms with Crippen molar-refractivity contribution in [2.75, 3.05) is 6.61 Å². The predicted molar refractivity (Wildman–Crippen MR) is 44.9 cm³/mol. The first-order valence-electron chi connectivity index (χ1n) is 3.75. The maximum Gasteiger partial charge on any atom is 0.393 e. The van der Waals surface area contributed by atoms with Crippen molar-refractivity contribution >= 4 is 11.3 Å². The van der Waals surface area contributed by atoms with Crippen LogP contribution in [0, 0.1) is 0 Å². The topological polar surface area (TPSA) is 20.2 Å². The first kappa shape index (κ1) is 10.5. The molecule has 13 heavy (non-hydrogen) atoms. The molecule has 0 saturated heterocycles. The zero-order valence-corrected chi connectivity index (χ0v) is 7.58. The summed E-state index contributed by atoms with van der Waals surface area (Å²) in [6, 6.07) is 1.49. The Morgan fingerprint density at radius 1 is 1.38 bits per heavy atom. The number of alkyl halides is 3. The second kappa shape index (κ2) is 4.11. The molecule has 1 aromatic heterocycles. The average molecular weight is 210 g/mol. The molecule has 5 heteroatoms. The first-order valence-corrected chi connectivity index (χ1v) is 4.63. The van der Waals surface area contributed by atoms with Gasteiger partial charge in [-0.1, -0.05) is 0 Å². The Morgan fingerprint density at radius 2 is 2.08 bits per heavy atom. The molecule has 1 rings (SSSR count). The minimum atomic E-state index is -4.14. The molecular formula is C8H9F3OS. The molecule has 0 unspecified atom stereocenters. The smallest absolute Gasteiger partial charge is 0.393 e. The van der Waals surface area contributed by atoms with Crippen molar-refractivity contribution in [2.45, 2.75) is 19.0 Å². The number of rotatable bonds is 3. The van der Waals surface area contributed by atoms with Gasteiger partial charge in [0.1, 0.15) is 0 Å². The third-order valence-electron chi connectivity index (χ3n) is 1.48. The van der Waals surface area contributed by atoms with E-state index in [0.717, 1.165) is 16.9 Å². The normalized spacial score (nSPS) is 12.0. The van der Waals surface area contributed by atoms with Gasteiger partial charge in [-0.15, -0.1) is 11.3 Å². The van der Waals surface area contributed by atoms with Crippen LogP contribution in [-0.2, 0) is 12.8 Å². The molecule has 0 aliphatic heterocycles. The second-order valence-corrected chi connectivity index (χ2v) is 3.68. The van der Waals surface area contributed by atoms with Crippen molar-refractivity contribution < 1.29 is 18.3 Å². The number of hydrogen-bond acceptors (Lipinski definition) is 2. The molecule has 0 aliphatic carbocycles. The summed E-state index contributed by atoms with van der Waals surface area (Å²) in [7, 11) is 0. The largest absolute Gasteiger partial charge is 0.396 e. The van der Waals surface area contributed by atoms with Crippen LogP contribution in [0.5, 0.6) is 0 Å². The highest BCUT2D eigenvalue weighted by molar-refractivity contribution is 7.10. The number of aliphatic hydroxyl groups excluding tert-OH is 1. The molecule has 1 aromatic rings. The molecule has 0 radical (unpaired) electrons. The number of halogens is 3. The maximum absolute atomic E-state index is 11.9. The van der Waals surface area contributed by atoms with Crippen molar-refractivity contribution in [2.24, 2.45) is 0 Å². The molecule has 1 nitrogen and oxygen atoms in total. The monoisotopic (exact) mass is 210 g/mol. The van der Waals surface area contributed by atoms with Gasteiger partial charge in [-0.25, -0.2) is 0 Å². The zero-order valence-electron chi connectivity index (χ0n) is 6.77. The summed E-state index contributed by atoms with van der Waals surface area (Å²) in [5.74, 6) is 0. The summed E-state index contributed by atoms with van der Waals surface area (Å²) in [5.41, 5.74) is 0.770. The van der Waals surface area contributed by atoms with Crippen LogP contribution in [-0.4, -0.2) is 17.9 Å². The summed E-state index contributed by atoms with van der Waals surface area (Å²) in [6.07, 6.45) is -4.58. The van der Waals surface area contributed by atoms with E-state index in [1.807, 2.05) is 0 Å². The van der Waals surface area contributed by atoms with E-state index in [1.165, 1.54) is 6.07 Å². The zero-order chi connectivity index (χ0) is 9.90. The van der Waals surface area contributed by atoms with Crippen LogP contribution < -0.4 is 0 Å². The van der Waals surface area contributed by atoms with Crippen molar-refractivity contribution in [1.82, 2.24) is 0 Å². The van der Waals surface area contributed by atoms with E-state index < -0.39 is 12.6 Å². The lowest BCUT2D eigenvalue weighted by Gasteiger charge is -2.02. The van der Waals surface area contributed by atoms with E-state index in [0.29, 0.717) is 11.3 Å². The Labute approximate surface area is 77.8 Å². The third kappa shape index (κ3) is 3.78. The highest BCUT2D eigenvalue weighted by Gasteiger charge is 2.28. The Morgan fingerprint density at radius 3 is 2.62 bits per heavy atom. The Balaban J connectivity index is 2.59. The lowest BCUT2D eigenvalue weighted by Crippen LogP contribution is -2.10. The number of hydrogen-bond donors (Lipinski definition) is 1. The molecule has 0 fully saturated rings. The van der Waals surface area contributed by atoms with Gasteiger partial charge in [0.05, 0.1) is 6.42 Å². The lowest BCUT2D eigenvalue weighted by molar-refractivity contribution is -0.126. The van der Waals surface area contributed by atoms with Crippen LogP contribution in [0.1, 0.15) is 10.4 Å². The first-order chi connectivity index (χ1) is 6.01. The minimum Gasteiger partial charge on any atom is -0.396 e. The van der Waals surface area contributed by atoms with Crippen LogP contribution in [0.2, 0.25) is 0 Å². The van der Waals surface area contributed by atoms with Crippen LogP contribution in [0.4, 0.5) is 13.2 Å². The lowest BCUT2D eigenvalue weighted by atomic mass is 10.2. The van der Waals surface area contributed by atoms with Crippen LogP contribution in [0.3, 0.4) is 0 Å². The highest BCUT2D eigenvalue weighted by atomic mass is 32.1.